The van der Waals surface area contributed by atoms with E-state index in [-0.39, 0.29) is 24.7 Å². The third-order valence-corrected chi connectivity index (χ3v) is 3.13. The highest BCUT2D eigenvalue weighted by molar-refractivity contribution is 6.19. The summed E-state index contributed by atoms with van der Waals surface area (Å²) in [6, 6.07) is 5.53. The summed E-state index contributed by atoms with van der Waals surface area (Å²) >= 11 is 0. The SMILES string of the molecule is CCOC(=O)C(/C(C)=N/C=C/c1ccc2c(c1)OCO2)=C(\C)O. The Labute approximate surface area is 134 Å². The van der Waals surface area contributed by atoms with Crippen molar-refractivity contribution in [1.82, 2.24) is 0 Å². The van der Waals surface area contributed by atoms with Crippen molar-refractivity contribution < 1.29 is 24.1 Å². The summed E-state index contributed by atoms with van der Waals surface area (Å²) in [7, 11) is 0. The van der Waals surface area contributed by atoms with E-state index in [4.69, 9.17) is 14.2 Å². The number of aliphatic hydroxyl groups excluding tert-OH is 1. The molecule has 0 saturated heterocycles. The highest BCUT2D eigenvalue weighted by Crippen LogP contribution is 2.32. The molecule has 0 saturated carbocycles. The first-order valence-corrected chi connectivity index (χ1v) is 7.21. The molecule has 0 aromatic heterocycles. The number of fused-ring (bicyclic) bond motifs is 1. The number of carbonyl (C=O) groups is 1. The average Bonchev–Trinajstić information content (AvgIpc) is 2.94. The van der Waals surface area contributed by atoms with Crippen LogP contribution in [0, 0.1) is 0 Å². The van der Waals surface area contributed by atoms with E-state index in [2.05, 4.69) is 4.99 Å². The first-order chi connectivity index (χ1) is 11.0. The minimum atomic E-state index is -0.592. The number of hydrogen-bond donors (Lipinski definition) is 1. The Morgan fingerprint density at radius 1 is 1.35 bits per heavy atom. The third kappa shape index (κ3) is 4.12. The van der Waals surface area contributed by atoms with Crippen LogP contribution in [0.3, 0.4) is 0 Å². The molecule has 6 nitrogen and oxygen atoms in total. The lowest BCUT2D eigenvalue weighted by molar-refractivity contribution is -0.138. The van der Waals surface area contributed by atoms with Gasteiger partial charge in [0, 0.05) is 6.20 Å². The van der Waals surface area contributed by atoms with E-state index in [1.54, 1.807) is 26.1 Å². The fourth-order valence-corrected chi connectivity index (χ4v) is 2.08. The van der Waals surface area contributed by atoms with Gasteiger partial charge in [-0.2, -0.15) is 0 Å². The predicted molar refractivity (Wildman–Crippen MR) is 86.7 cm³/mol. The first-order valence-electron chi connectivity index (χ1n) is 7.21. The van der Waals surface area contributed by atoms with E-state index >= 15 is 0 Å². The summed E-state index contributed by atoms with van der Waals surface area (Å²) in [6.07, 6.45) is 3.32. The van der Waals surface area contributed by atoms with Crippen molar-refractivity contribution in [2.24, 2.45) is 4.99 Å². The summed E-state index contributed by atoms with van der Waals surface area (Å²) in [5.74, 6) is 0.683. The molecule has 0 bridgehead atoms. The van der Waals surface area contributed by atoms with Gasteiger partial charge in [-0.15, -0.1) is 0 Å². The molecule has 1 heterocycles. The average molecular weight is 317 g/mol. The van der Waals surface area contributed by atoms with Crippen molar-refractivity contribution >= 4 is 17.8 Å². The molecule has 0 radical (unpaired) electrons. The van der Waals surface area contributed by atoms with Crippen LogP contribution in [0.15, 0.2) is 40.7 Å². The molecule has 0 amide bonds. The van der Waals surface area contributed by atoms with Crippen molar-refractivity contribution in [2.45, 2.75) is 20.8 Å². The predicted octanol–water partition coefficient (Wildman–Crippen LogP) is 3.24. The fourth-order valence-electron chi connectivity index (χ4n) is 2.08. The lowest BCUT2D eigenvalue weighted by Crippen LogP contribution is -2.15. The topological polar surface area (TPSA) is 77.4 Å². The van der Waals surface area contributed by atoms with E-state index in [0.717, 1.165) is 5.56 Å². The number of rotatable bonds is 5. The molecule has 0 unspecified atom stereocenters. The Morgan fingerprint density at radius 2 is 2.09 bits per heavy atom. The van der Waals surface area contributed by atoms with Gasteiger partial charge >= 0.3 is 5.97 Å². The van der Waals surface area contributed by atoms with Crippen LogP contribution in [0.1, 0.15) is 26.3 Å². The maximum Gasteiger partial charge on any atom is 0.343 e. The third-order valence-electron chi connectivity index (χ3n) is 3.13. The van der Waals surface area contributed by atoms with Crippen LogP contribution in [0.25, 0.3) is 6.08 Å². The zero-order valence-electron chi connectivity index (χ0n) is 13.3. The summed E-state index contributed by atoms with van der Waals surface area (Å²) in [4.78, 5) is 16.0. The van der Waals surface area contributed by atoms with Crippen LogP contribution in [0.5, 0.6) is 11.5 Å². The van der Waals surface area contributed by atoms with E-state index in [1.165, 1.54) is 6.92 Å². The van der Waals surface area contributed by atoms with Crippen molar-refractivity contribution in [2.75, 3.05) is 13.4 Å². The quantitative estimate of drug-likeness (QED) is 0.390. The molecular formula is C17H19NO5. The zero-order valence-corrected chi connectivity index (χ0v) is 13.3. The summed E-state index contributed by atoms with van der Waals surface area (Å²) in [6.45, 7) is 5.22. The second-order valence-electron chi connectivity index (χ2n) is 4.82. The largest absolute Gasteiger partial charge is 0.512 e. The molecule has 1 N–H and O–H groups in total. The van der Waals surface area contributed by atoms with Gasteiger partial charge in [-0.3, -0.25) is 4.99 Å². The molecule has 122 valence electrons. The molecule has 0 spiro atoms. The molecule has 0 fully saturated rings. The standard InChI is InChI=1S/C17H19NO5/c1-4-21-17(20)16(12(3)19)11(2)18-8-7-13-5-6-14-15(9-13)23-10-22-14/h5-9,19H,4,10H2,1-3H3/b8-7+,16-12+,18-11+. The fraction of sp³-hybridized carbons (Fsp3) is 0.294. The molecule has 1 aliphatic heterocycles. The molecule has 0 aliphatic carbocycles. The number of aliphatic hydroxyl groups is 1. The van der Waals surface area contributed by atoms with Crippen molar-refractivity contribution in [3.63, 3.8) is 0 Å². The van der Waals surface area contributed by atoms with Crippen LogP contribution >= 0.6 is 0 Å². The lowest BCUT2D eigenvalue weighted by atomic mass is 10.1. The summed E-state index contributed by atoms with van der Waals surface area (Å²) < 4.78 is 15.5. The lowest BCUT2D eigenvalue weighted by Gasteiger charge is -2.06. The van der Waals surface area contributed by atoms with Crippen molar-refractivity contribution in [3.8, 4) is 11.5 Å². The minimum absolute atomic E-state index is 0.0715. The van der Waals surface area contributed by atoms with Gasteiger partial charge in [0.1, 0.15) is 11.3 Å². The van der Waals surface area contributed by atoms with Crippen molar-refractivity contribution in [3.05, 3.63) is 41.3 Å². The maximum absolute atomic E-state index is 11.8. The second-order valence-corrected chi connectivity index (χ2v) is 4.82. The number of ether oxygens (including phenoxy) is 3. The van der Waals surface area contributed by atoms with Gasteiger partial charge in [-0.05, 0) is 44.5 Å². The highest BCUT2D eigenvalue weighted by atomic mass is 16.7. The Kier molecular flexibility index (Phi) is 5.41. The van der Waals surface area contributed by atoms with Gasteiger partial charge in [0.2, 0.25) is 6.79 Å². The van der Waals surface area contributed by atoms with E-state index < -0.39 is 5.97 Å². The number of aliphatic imine (C=N–C) groups is 1. The number of allylic oxidation sites excluding steroid dienone is 1. The normalized spacial score (nSPS) is 14.8. The van der Waals surface area contributed by atoms with Crippen LogP contribution in [-0.2, 0) is 9.53 Å². The smallest absolute Gasteiger partial charge is 0.343 e. The van der Waals surface area contributed by atoms with Crippen molar-refractivity contribution in [1.29, 1.82) is 0 Å². The monoisotopic (exact) mass is 317 g/mol. The second kappa shape index (κ2) is 7.49. The molecule has 0 atom stereocenters. The number of hydrogen-bond acceptors (Lipinski definition) is 6. The maximum atomic E-state index is 11.8. The molecular weight excluding hydrogens is 298 g/mol. The molecule has 1 aromatic rings. The molecule has 23 heavy (non-hydrogen) atoms. The van der Waals surface area contributed by atoms with Gasteiger partial charge in [0.15, 0.2) is 11.5 Å². The number of esters is 1. The number of nitrogens with zero attached hydrogens (tertiary/aromatic N) is 1. The molecule has 6 heteroatoms. The zero-order chi connectivity index (χ0) is 16.8. The first kappa shape index (κ1) is 16.6. The van der Waals surface area contributed by atoms with Crippen LogP contribution < -0.4 is 9.47 Å². The van der Waals surface area contributed by atoms with Gasteiger partial charge in [-0.25, -0.2) is 4.79 Å². The van der Waals surface area contributed by atoms with Crippen LogP contribution in [-0.4, -0.2) is 30.2 Å². The van der Waals surface area contributed by atoms with Gasteiger partial charge < -0.3 is 19.3 Å². The van der Waals surface area contributed by atoms with Gasteiger partial charge in [-0.1, -0.05) is 6.07 Å². The van der Waals surface area contributed by atoms with Crippen LogP contribution in [0.4, 0.5) is 0 Å². The molecule has 1 aliphatic rings. The Bertz CT molecular complexity index is 684. The van der Waals surface area contributed by atoms with Gasteiger partial charge in [0.25, 0.3) is 0 Å². The molecule has 1 aromatic carbocycles. The summed E-state index contributed by atoms with van der Waals surface area (Å²) in [5.41, 5.74) is 1.33. The Balaban J connectivity index is 2.14. The number of carbonyl (C=O) groups excluding carboxylic acids is 1. The minimum Gasteiger partial charge on any atom is -0.512 e. The Hall–Kier alpha value is -2.76. The van der Waals surface area contributed by atoms with E-state index in [9.17, 15) is 9.90 Å². The van der Waals surface area contributed by atoms with E-state index in [1.807, 2.05) is 18.2 Å². The summed E-state index contributed by atoms with van der Waals surface area (Å²) in [5, 5.41) is 9.65. The molecule has 2 rings (SSSR count). The van der Waals surface area contributed by atoms with Crippen LogP contribution in [0.2, 0.25) is 0 Å². The highest BCUT2D eigenvalue weighted by Gasteiger charge is 2.17. The number of benzene rings is 1. The van der Waals surface area contributed by atoms with Gasteiger partial charge in [0.05, 0.1) is 12.3 Å². The van der Waals surface area contributed by atoms with E-state index in [0.29, 0.717) is 17.2 Å². The Morgan fingerprint density at radius 3 is 2.78 bits per heavy atom.